The van der Waals surface area contributed by atoms with E-state index in [-0.39, 0.29) is 5.56 Å². The first-order chi connectivity index (χ1) is 9.72. The molecule has 1 aliphatic rings. The van der Waals surface area contributed by atoms with E-state index in [9.17, 15) is 4.79 Å². The average molecular weight is 362 g/mol. The number of methoxy groups -OCH3 is 1. The molecule has 0 spiro atoms. The summed E-state index contributed by atoms with van der Waals surface area (Å²) in [6.07, 6.45) is 5.57. The Morgan fingerprint density at radius 2 is 2.45 bits per heavy atom. The summed E-state index contributed by atoms with van der Waals surface area (Å²) < 4.78 is 6.92. The van der Waals surface area contributed by atoms with Crippen molar-refractivity contribution in [3.63, 3.8) is 0 Å². The van der Waals surface area contributed by atoms with Gasteiger partial charge in [0.1, 0.15) is 4.47 Å². The highest BCUT2D eigenvalue weighted by atomic mass is 79.9. The van der Waals surface area contributed by atoms with Gasteiger partial charge in [0.05, 0.1) is 25.0 Å². The van der Waals surface area contributed by atoms with E-state index in [4.69, 9.17) is 4.74 Å². The number of nitrogens with one attached hydrogen (secondary N) is 1. The lowest BCUT2D eigenvalue weighted by molar-refractivity contribution is 0.181. The van der Waals surface area contributed by atoms with Gasteiger partial charge in [0.15, 0.2) is 0 Å². The molecule has 1 N–H and O–H groups in total. The molecule has 20 heavy (non-hydrogen) atoms. The normalized spacial score (nSPS) is 19.0. The molecule has 0 radical (unpaired) electrons. The van der Waals surface area contributed by atoms with Crippen molar-refractivity contribution in [2.24, 2.45) is 0 Å². The Balaban J connectivity index is 1.97. The molecule has 2 rings (SSSR count). The highest BCUT2D eigenvalue weighted by Crippen LogP contribution is 2.26. The summed E-state index contributed by atoms with van der Waals surface area (Å²) in [5.41, 5.74) is 0.651. The summed E-state index contributed by atoms with van der Waals surface area (Å²) in [6, 6.07) is 0. The molecule has 0 saturated carbocycles. The average Bonchev–Trinajstić information content (AvgIpc) is 2.49. The topological polar surface area (TPSA) is 56.1 Å². The van der Waals surface area contributed by atoms with Crippen molar-refractivity contribution in [3.05, 3.63) is 21.0 Å². The minimum Gasteiger partial charge on any atom is -0.383 e. The second-order valence-corrected chi connectivity index (χ2v) is 6.96. The van der Waals surface area contributed by atoms with Gasteiger partial charge in [-0.15, -0.1) is 0 Å². The molecule has 112 valence electrons. The van der Waals surface area contributed by atoms with E-state index < -0.39 is 0 Å². The predicted molar refractivity (Wildman–Crippen MR) is 86.7 cm³/mol. The number of halogens is 1. The molecule has 1 aliphatic heterocycles. The SMILES string of the molecule is COCCn1ncc(NCC2CCCCS2)c(Br)c1=O. The summed E-state index contributed by atoms with van der Waals surface area (Å²) in [7, 11) is 1.61. The van der Waals surface area contributed by atoms with E-state index in [0.717, 1.165) is 12.2 Å². The van der Waals surface area contributed by atoms with Crippen LogP contribution in [0.4, 0.5) is 5.69 Å². The molecule has 1 saturated heterocycles. The van der Waals surface area contributed by atoms with Crippen LogP contribution >= 0.6 is 27.7 Å². The van der Waals surface area contributed by atoms with Crippen molar-refractivity contribution < 1.29 is 4.74 Å². The van der Waals surface area contributed by atoms with Gasteiger partial charge in [-0.3, -0.25) is 4.79 Å². The number of rotatable bonds is 6. The van der Waals surface area contributed by atoms with Gasteiger partial charge in [-0.25, -0.2) is 4.68 Å². The molecule has 1 fully saturated rings. The molecule has 0 aromatic carbocycles. The van der Waals surface area contributed by atoms with Crippen molar-refractivity contribution in [2.75, 3.05) is 31.3 Å². The first kappa shape index (κ1) is 15.9. The van der Waals surface area contributed by atoms with Gasteiger partial charge >= 0.3 is 0 Å². The fourth-order valence-corrected chi connectivity index (χ4v) is 3.80. The zero-order valence-corrected chi connectivity index (χ0v) is 14.0. The van der Waals surface area contributed by atoms with Gasteiger partial charge in [-0.1, -0.05) is 6.42 Å². The molecule has 1 aromatic heterocycles. The molecular weight excluding hydrogens is 342 g/mol. The zero-order chi connectivity index (χ0) is 14.4. The van der Waals surface area contributed by atoms with Crippen LogP contribution in [0.25, 0.3) is 0 Å². The van der Waals surface area contributed by atoms with E-state index >= 15 is 0 Å². The Bertz CT molecular complexity index is 489. The lowest BCUT2D eigenvalue weighted by Gasteiger charge is -2.22. The summed E-state index contributed by atoms with van der Waals surface area (Å²) in [5, 5.41) is 8.13. The number of hydrogen-bond acceptors (Lipinski definition) is 5. The highest BCUT2D eigenvalue weighted by Gasteiger charge is 2.15. The maximum atomic E-state index is 12.1. The Hall–Kier alpha value is -0.530. The number of hydrogen-bond donors (Lipinski definition) is 1. The molecule has 5 nitrogen and oxygen atoms in total. The van der Waals surface area contributed by atoms with E-state index in [0.29, 0.717) is 22.9 Å². The lowest BCUT2D eigenvalue weighted by Crippen LogP contribution is -2.27. The van der Waals surface area contributed by atoms with E-state index in [2.05, 4.69) is 26.3 Å². The summed E-state index contributed by atoms with van der Waals surface area (Å²) in [6.45, 7) is 1.82. The van der Waals surface area contributed by atoms with Gasteiger partial charge in [0, 0.05) is 18.9 Å². The van der Waals surface area contributed by atoms with Gasteiger partial charge in [-0.05, 0) is 34.5 Å². The van der Waals surface area contributed by atoms with Gasteiger partial charge in [0.25, 0.3) is 5.56 Å². The van der Waals surface area contributed by atoms with E-state index in [1.54, 1.807) is 13.3 Å². The van der Waals surface area contributed by atoms with Crippen LogP contribution < -0.4 is 10.9 Å². The number of thioether (sulfide) groups is 1. The standard InChI is InChI=1S/C13H20BrN3O2S/c1-19-6-5-17-13(18)12(14)11(9-16-17)15-8-10-4-2-3-7-20-10/h9-10,15H,2-8H2,1H3. The van der Waals surface area contributed by atoms with E-state index in [1.165, 1.54) is 29.7 Å². The first-order valence-corrected chi connectivity index (χ1v) is 8.66. The Kier molecular flexibility index (Phi) is 6.38. The largest absolute Gasteiger partial charge is 0.383 e. The molecule has 2 heterocycles. The van der Waals surface area contributed by atoms with Crippen LogP contribution in [0, 0.1) is 0 Å². The predicted octanol–water partition coefficient (Wildman–Crippen LogP) is 2.35. The number of anilines is 1. The van der Waals surface area contributed by atoms with Crippen LogP contribution in [0.1, 0.15) is 19.3 Å². The summed E-state index contributed by atoms with van der Waals surface area (Å²) >= 11 is 5.37. The molecule has 1 unspecified atom stereocenters. The Morgan fingerprint density at radius 3 is 3.15 bits per heavy atom. The van der Waals surface area contributed by atoms with Crippen molar-refractivity contribution in [3.8, 4) is 0 Å². The highest BCUT2D eigenvalue weighted by molar-refractivity contribution is 9.10. The maximum Gasteiger partial charge on any atom is 0.283 e. The Morgan fingerprint density at radius 1 is 1.60 bits per heavy atom. The van der Waals surface area contributed by atoms with Crippen molar-refractivity contribution in [1.29, 1.82) is 0 Å². The van der Waals surface area contributed by atoms with Crippen molar-refractivity contribution in [1.82, 2.24) is 9.78 Å². The monoisotopic (exact) mass is 361 g/mol. The lowest BCUT2D eigenvalue weighted by atomic mass is 10.2. The second-order valence-electron chi connectivity index (χ2n) is 4.76. The van der Waals surface area contributed by atoms with Crippen LogP contribution in [0.15, 0.2) is 15.5 Å². The maximum absolute atomic E-state index is 12.1. The zero-order valence-electron chi connectivity index (χ0n) is 11.6. The van der Waals surface area contributed by atoms with Gasteiger partial charge in [0.2, 0.25) is 0 Å². The molecule has 0 amide bonds. The van der Waals surface area contributed by atoms with Crippen LogP contribution in [-0.2, 0) is 11.3 Å². The number of aromatic nitrogens is 2. The van der Waals surface area contributed by atoms with E-state index in [1.807, 2.05) is 11.8 Å². The van der Waals surface area contributed by atoms with Crippen LogP contribution in [-0.4, -0.2) is 41.0 Å². The molecule has 1 atom stereocenters. The van der Waals surface area contributed by atoms with Crippen LogP contribution in [0.5, 0.6) is 0 Å². The number of nitrogens with zero attached hydrogens (tertiary/aromatic N) is 2. The van der Waals surface area contributed by atoms with Crippen LogP contribution in [0.3, 0.4) is 0 Å². The fraction of sp³-hybridized carbons (Fsp3) is 0.692. The minimum atomic E-state index is -0.122. The van der Waals surface area contributed by atoms with Crippen molar-refractivity contribution in [2.45, 2.75) is 31.1 Å². The summed E-state index contributed by atoms with van der Waals surface area (Å²) in [4.78, 5) is 12.1. The summed E-state index contributed by atoms with van der Waals surface area (Å²) in [5.74, 6) is 1.24. The van der Waals surface area contributed by atoms with Gasteiger partial charge < -0.3 is 10.1 Å². The number of ether oxygens (including phenoxy) is 1. The third kappa shape index (κ3) is 4.23. The molecule has 1 aromatic rings. The second kappa shape index (κ2) is 8.05. The quantitative estimate of drug-likeness (QED) is 0.842. The fourth-order valence-electron chi connectivity index (χ4n) is 2.12. The molecule has 0 aliphatic carbocycles. The van der Waals surface area contributed by atoms with Crippen molar-refractivity contribution >= 4 is 33.4 Å². The third-order valence-corrected chi connectivity index (χ3v) is 5.45. The first-order valence-electron chi connectivity index (χ1n) is 6.82. The minimum absolute atomic E-state index is 0.122. The molecule has 7 heteroatoms. The molecule has 0 bridgehead atoms. The third-order valence-electron chi connectivity index (χ3n) is 3.29. The van der Waals surface area contributed by atoms with Gasteiger partial charge in [-0.2, -0.15) is 16.9 Å². The smallest absolute Gasteiger partial charge is 0.283 e. The Labute approximate surface area is 131 Å². The van der Waals surface area contributed by atoms with Crippen LogP contribution in [0.2, 0.25) is 0 Å². The molecular formula is C13H20BrN3O2S.